The molecular formula is C10H9ClFN5O. The maximum atomic E-state index is 13.5. The van der Waals surface area contributed by atoms with E-state index in [1.807, 2.05) is 0 Å². The molecule has 0 aliphatic rings. The average molecular weight is 270 g/mol. The van der Waals surface area contributed by atoms with E-state index < -0.39 is 5.82 Å². The first-order valence-electron chi connectivity index (χ1n) is 5.09. The number of benzene rings is 1. The largest absolute Gasteiger partial charge is 0.323 e. The van der Waals surface area contributed by atoms with Crippen LogP contribution in [0.4, 0.5) is 10.1 Å². The van der Waals surface area contributed by atoms with Gasteiger partial charge in [-0.15, -0.1) is 16.7 Å². The second kappa shape index (κ2) is 5.54. The number of hydrogen-bond donors (Lipinski definition) is 1. The van der Waals surface area contributed by atoms with E-state index in [-0.39, 0.29) is 23.9 Å². The molecule has 0 bridgehead atoms. The van der Waals surface area contributed by atoms with E-state index >= 15 is 0 Å². The number of amides is 1. The van der Waals surface area contributed by atoms with E-state index in [1.165, 1.54) is 29.2 Å². The number of tetrazole rings is 1. The Labute approximate surface area is 107 Å². The summed E-state index contributed by atoms with van der Waals surface area (Å²) >= 11 is 5.43. The summed E-state index contributed by atoms with van der Waals surface area (Å²) in [6.45, 7) is 0. The fourth-order valence-corrected chi connectivity index (χ4v) is 1.50. The molecule has 0 radical (unpaired) electrons. The Balaban J connectivity index is 2.24. The highest BCUT2D eigenvalue weighted by molar-refractivity contribution is 6.19. The van der Waals surface area contributed by atoms with Crippen LogP contribution in [0.3, 0.4) is 0 Å². The number of halogens is 2. The van der Waals surface area contributed by atoms with E-state index in [0.717, 1.165) is 0 Å². The van der Waals surface area contributed by atoms with Crippen molar-refractivity contribution in [3.8, 4) is 5.69 Å². The van der Waals surface area contributed by atoms with Gasteiger partial charge in [0, 0.05) is 12.3 Å². The van der Waals surface area contributed by atoms with Crippen molar-refractivity contribution in [3.05, 3.63) is 30.3 Å². The van der Waals surface area contributed by atoms with Crippen LogP contribution >= 0.6 is 11.6 Å². The molecule has 0 saturated carbocycles. The van der Waals surface area contributed by atoms with Gasteiger partial charge in [0.15, 0.2) is 0 Å². The minimum atomic E-state index is -0.533. The van der Waals surface area contributed by atoms with Gasteiger partial charge in [-0.2, -0.15) is 0 Å². The first kappa shape index (κ1) is 12.4. The third-order valence-corrected chi connectivity index (χ3v) is 2.35. The van der Waals surface area contributed by atoms with Crippen LogP contribution in [0.15, 0.2) is 24.5 Å². The van der Waals surface area contributed by atoms with Crippen molar-refractivity contribution < 1.29 is 9.18 Å². The van der Waals surface area contributed by atoms with Crippen LogP contribution in [0, 0.1) is 5.82 Å². The molecule has 2 rings (SSSR count). The third-order valence-electron chi connectivity index (χ3n) is 2.16. The van der Waals surface area contributed by atoms with Gasteiger partial charge in [-0.3, -0.25) is 4.79 Å². The summed E-state index contributed by atoms with van der Waals surface area (Å²) in [4.78, 5) is 11.4. The molecule has 0 aliphatic heterocycles. The normalized spacial score (nSPS) is 10.3. The van der Waals surface area contributed by atoms with E-state index in [4.69, 9.17) is 11.6 Å². The van der Waals surface area contributed by atoms with E-state index in [1.54, 1.807) is 0 Å². The number of hydrogen-bond acceptors (Lipinski definition) is 4. The number of aromatic nitrogens is 4. The fourth-order valence-electron chi connectivity index (χ4n) is 1.33. The SMILES string of the molecule is O=C(CCCl)Nc1cc(-n2cnnn2)ccc1F. The van der Waals surface area contributed by atoms with Crippen molar-refractivity contribution in [1.82, 2.24) is 20.2 Å². The summed E-state index contributed by atoms with van der Waals surface area (Å²) in [5.41, 5.74) is 0.612. The van der Waals surface area contributed by atoms with Crippen LogP contribution in [0.1, 0.15) is 6.42 Å². The molecule has 1 N–H and O–H groups in total. The van der Waals surface area contributed by atoms with Crippen molar-refractivity contribution in [2.24, 2.45) is 0 Å². The Morgan fingerprint density at radius 3 is 3.00 bits per heavy atom. The summed E-state index contributed by atoms with van der Waals surface area (Å²) in [5, 5.41) is 13.1. The first-order chi connectivity index (χ1) is 8.70. The van der Waals surface area contributed by atoms with Crippen molar-refractivity contribution in [2.75, 3.05) is 11.2 Å². The van der Waals surface area contributed by atoms with Gasteiger partial charge in [0.25, 0.3) is 0 Å². The molecule has 0 spiro atoms. The molecule has 0 aliphatic carbocycles. The van der Waals surface area contributed by atoms with Crippen molar-refractivity contribution >= 4 is 23.2 Å². The molecule has 1 aromatic carbocycles. The van der Waals surface area contributed by atoms with Gasteiger partial charge in [0.1, 0.15) is 12.1 Å². The molecule has 94 valence electrons. The number of nitrogens with zero attached hydrogens (tertiary/aromatic N) is 4. The number of rotatable bonds is 4. The Bertz CT molecular complexity index is 545. The third kappa shape index (κ3) is 2.80. The van der Waals surface area contributed by atoms with Crippen molar-refractivity contribution in [3.63, 3.8) is 0 Å². The van der Waals surface area contributed by atoms with Gasteiger partial charge in [-0.05, 0) is 28.6 Å². The molecular weight excluding hydrogens is 261 g/mol. The standard InChI is InChI=1S/C10H9ClFN5O/c11-4-3-10(18)14-9-5-7(1-2-8(9)12)17-6-13-15-16-17/h1-2,5-6H,3-4H2,(H,14,18). The Kier molecular flexibility index (Phi) is 3.83. The number of anilines is 1. The molecule has 0 saturated heterocycles. The Morgan fingerprint density at radius 1 is 1.50 bits per heavy atom. The quantitative estimate of drug-likeness (QED) is 0.851. The fraction of sp³-hybridized carbons (Fsp3) is 0.200. The zero-order valence-corrected chi connectivity index (χ0v) is 9.93. The summed E-state index contributed by atoms with van der Waals surface area (Å²) in [5.74, 6) is -0.701. The maximum Gasteiger partial charge on any atom is 0.225 e. The van der Waals surface area contributed by atoms with E-state index in [0.29, 0.717) is 5.69 Å². The monoisotopic (exact) mass is 269 g/mol. The van der Waals surface area contributed by atoms with Gasteiger partial charge in [0.05, 0.1) is 11.4 Å². The molecule has 2 aromatic rings. The number of alkyl halides is 1. The molecule has 1 heterocycles. The summed E-state index contributed by atoms with van der Waals surface area (Å²) in [6, 6.07) is 4.17. The zero-order valence-electron chi connectivity index (χ0n) is 9.18. The molecule has 6 nitrogen and oxygen atoms in total. The Hall–Kier alpha value is -2.02. The minimum absolute atomic E-state index is 0.0677. The van der Waals surface area contributed by atoms with Gasteiger partial charge in [-0.25, -0.2) is 9.07 Å². The topological polar surface area (TPSA) is 72.7 Å². The number of carbonyl (C=O) groups is 1. The van der Waals surface area contributed by atoms with Crippen LogP contribution in [-0.2, 0) is 4.79 Å². The molecule has 1 amide bonds. The first-order valence-corrected chi connectivity index (χ1v) is 5.63. The lowest BCUT2D eigenvalue weighted by molar-refractivity contribution is -0.115. The van der Waals surface area contributed by atoms with Crippen LogP contribution < -0.4 is 5.32 Å². The summed E-state index contributed by atoms with van der Waals surface area (Å²) in [6.07, 6.45) is 1.49. The number of nitrogens with one attached hydrogen (secondary N) is 1. The lowest BCUT2D eigenvalue weighted by Crippen LogP contribution is -2.13. The van der Waals surface area contributed by atoms with E-state index in [2.05, 4.69) is 20.8 Å². The predicted octanol–water partition coefficient (Wildman–Crippen LogP) is 1.37. The highest BCUT2D eigenvalue weighted by Crippen LogP contribution is 2.18. The molecule has 18 heavy (non-hydrogen) atoms. The van der Waals surface area contributed by atoms with Gasteiger partial charge < -0.3 is 5.32 Å². The summed E-state index contributed by atoms with van der Waals surface area (Å²) < 4.78 is 14.9. The zero-order chi connectivity index (χ0) is 13.0. The lowest BCUT2D eigenvalue weighted by atomic mass is 10.2. The van der Waals surface area contributed by atoms with Crippen molar-refractivity contribution in [1.29, 1.82) is 0 Å². The molecule has 1 aromatic heterocycles. The van der Waals surface area contributed by atoms with Crippen LogP contribution in [0.2, 0.25) is 0 Å². The smallest absolute Gasteiger partial charge is 0.225 e. The second-order valence-corrected chi connectivity index (χ2v) is 3.78. The minimum Gasteiger partial charge on any atom is -0.323 e. The van der Waals surface area contributed by atoms with Gasteiger partial charge in [-0.1, -0.05) is 0 Å². The van der Waals surface area contributed by atoms with Crippen LogP contribution in [-0.4, -0.2) is 32.0 Å². The molecule has 8 heteroatoms. The highest BCUT2D eigenvalue weighted by atomic mass is 35.5. The van der Waals surface area contributed by atoms with Crippen LogP contribution in [0.25, 0.3) is 5.69 Å². The summed E-state index contributed by atoms with van der Waals surface area (Å²) in [7, 11) is 0. The van der Waals surface area contributed by atoms with E-state index in [9.17, 15) is 9.18 Å². The molecule has 0 fully saturated rings. The van der Waals surface area contributed by atoms with Crippen LogP contribution in [0.5, 0.6) is 0 Å². The Morgan fingerprint density at radius 2 is 2.33 bits per heavy atom. The second-order valence-electron chi connectivity index (χ2n) is 3.41. The molecule has 0 unspecified atom stereocenters. The lowest BCUT2D eigenvalue weighted by Gasteiger charge is -2.07. The van der Waals surface area contributed by atoms with Gasteiger partial charge >= 0.3 is 0 Å². The average Bonchev–Trinajstić information content (AvgIpc) is 2.86. The van der Waals surface area contributed by atoms with Gasteiger partial charge in [0.2, 0.25) is 5.91 Å². The number of carbonyl (C=O) groups excluding carboxylic acids is 1. The molecule has 0 atom stereocenters. The van der Waals surface area contributed by atoms with Crippen molar-refractivity contribution in [2.45, 2.75) is 6.42 Å². The maximum absolute atomic E-state index is 13.5. The predicted molar refractivity (Wildman–Crippen MR) is 63.1 cm³/mol. The highest BCUT2D eigenvalue weighted by Gasteiger charge is 2.09.